The van der Waals surface area contributed by atoms with Gasteiger partial charge in [-0.15, -0.1) is 0 Å². The van der Waals surface area contributed by atoms with E-state index in [1.165, 1.54) is 19.8 Å². The summed E-state index contributed by atoms with van der Waals surface area (Å²) in [5.41, 5.74) is 0. The Morgan fingerprint density at radius 1 is 1.44 bits per heavy atom. The van der Waals surface area contributed by atoms with Crippen molar-refractivity contribution in [2.24, 2.45) is 0 Å². The van der Waals surface area contributed by atoms with Crippen LogP contribution in [-0.2, 0) is 21.5 Å². The standard InChI is InChI=1S/C7H12N2.C4H8O4S/c1-2-3-5-9-6-4-8-7-9;1-4(5)2-3-9(6,7)8/h4,6-7H,2-3,5H2,1H3;2-3H2,1H3,(H,6,7,8). The Morgan fingerprint density at radius 3 is 2.44 bits per heavy atom. The lowest BCUT2D eigenvalue weighted by molar-refractivity contribution is -0.116. The number of ketones is 1. The van der Waals surface area contributed by atoms with Gasteiger partial charge < -0.3 is 4.57 Å². The summed E-state index contributed by atoms with van der Waals surface area (Å²) in [4.78, 5) is 14.1. The maximum atomic E-state index is 10.1. The molecule has 0 saturated heterocycles. The molecular weight excluding hydrogens is 256 g/mol. The molecule has 0 saturated carbocycles. The van der Waals surface area contributed by atoms with Gasteiger partial charge in [-0.25, -0.2) is 4.98 Å². The van der Waals surface area contributed by atoms with Crippen LogP contribution in [0.3, 0.4) is 0 Å². The molecule has 0 spiro atoms. The fourth-order valence-corrected chi connectivity index (χ4v) is 1.58. The van der Waals surface area contributed by atoms with Crippen LogP contribution in [0.5, 0.6) is 0 Å². The van der Waals surface area contributed by atoms with Crippen molar-refractivity contribution in [3.8, 4) is 0 Å². The van der Waals surface area contributed by atoms with E-state index >= 15 is 0 Å². The molecule has 0 amide bonds. The molecule has 1 heterocycles. The second-order valence-corrected chi connectivity index (χ2v) is 5.46. The summed E-state index contributed by atoms with van der Waals surface area (Å²) in [6.07, 6.45) is 8.05. The van der Waals surface area contributed by atoms with Gasteiger partial charge in [0, 0.05) is 25.4 Å². The number of carbonyl (C=O) groups excluding carboxylic acids is 1. The van der Waals surface area contributed by atoms with Gasteiger partial charge in [-0.1, -0.05) is 13.3 Å². The number of aromatic nitrogens is 2. The quantitative estimate of drug-likeness (QED) is 0.796. The Kier molecular flexibility index (Phi) is 8.23. The Bertz CT molecular complexity index is 426. The molecule has 1 aromatic heterocycles. The van der Waals surface area contributed by atoms with Crippen LogP contribution in [0.1, 0.15) is 33.1 Å². The summed E-state index contributed by atoms with van der Waals surface area (Å²) in [7, 11) is -3.94. The topological polar surface area (TPSA) is 89.3 Å². The third-order valence-electron chi connectivity index (χ3n) is 2.04. The highest BCUT2D eigenvalue weighted by molar-refractivity contribution is 7.85. The van der Waals surface area contributed by atoms with Gasteiger partial charge in [0.05, 0.1) is 12.1 Å². The zero-order chi connectivity index (χ0) is 14.0. The molecule has 0 unspecified atom stereocenters. The van der Waals surface area contributed by atoms with E-state index in [2.05, 4.69) is 16.5 Å². The van der Waals surface area contributed by atoms with E-state index < -0.39 is 15.9 Å². The SMILES string of the molecule is CC(=O)CCS(=O)(=O)O.CCCCn1ccnc1. The van der Waals surface area contributed by atoms with Gasteiger partial charge in [0.25, 0.3) is 10.1 Å². The fourth-order valence-electron chi connectivity index (χ4n) is 1.03. The highest BCUT2D eigenvalue weighted by Gasteiger charge is 2.04. The predicted molar refractivity (Wildman–Crippen MR) is 68.8 cm³/mol. The van der Waals surface area contributed by atoms with Crippen molar-refractivity contribution >= 4 is 15.9 Å². The first-order valence-electron chi connectivity index (χ1n) is 5.75. The summed E-state index contributed by atoms with van der Waals surface area (Å²) in [5.74, 6) is -0.713. The van der Waals surface area contributed by atoms with Crippen LogP contribution in [-0.4, -0.2) is 34.1 Å². The highest BCUT2D eigenvalue weighted by atomic mass is 32.2. The van der Waals surface area contributed by atoms with E-state index in [0.717, 1.165) is 6.54 Å². The van der Waals surface area contributed by atoms with Gasteiger partial charge in [0.2, 0.25) is 0 Å². The number of Topliss-reactive ketones (excluding diaryl/α,β-unsaturated/α-hetero) is 1. The molecule has 0 aromatic carbocycles. The Hall–Kier alpha value is -1.21. The molecule has 0 aliphatic carbocycles. The van der Waals surface area contributed by atoms with Gasteiger partial charge in [-0.05, 0) is 13.3 Å². The van der Waals surface area contributed by atoms with Crippen LogP contribution >= 0.6 is 0 Å². The molecule has 7 heteroatoms. The van der Waals surface area contributed by atoms with E-state index in [9.17, 15) is 13.2 Å². The number of unbranched alkanes of at least 4 members (excludes halogenated alkanes) is 1. The van der Waals surface area contributed by atoms with E-state index in [-0.39, 0.29) is 12.2 Å². The van der Waals surface area contributed by atoms with Gasteiger partial charge in [-0.3, -0.25) is 9.35 Å². The van der Waals surface area contributed by atoms with E-state index in [1.54, 1.807) is 0 Å². The van der Waals surface area contributed by atoms with Crippen molar-refractivity contribution in [3.05, 3.63) is 18.7 Å². The normalized spacial score (nSPS) is 10.6. The molecule has 0 atom stereocenters. The maximum Gasteiger partial charge on any atom is 0.265 e. The molecular formula is C11H20N2O4S. The zero-order valence-electron chi connectivity index (χ0n) is 10.7. The van der Waals surface area contributed by atoms with Crippen LogP contribution in [0, 0.1) is 0 Å². The lowest BCUT2D eigenvalue weighted by Crippen LogP contribution is -2.07. The minimum atomic E-state index is -3.94. The summed E-state index contributed by atoms with van der Waals surface area (Å²) in [5, 5.41) is 0. The molecule has 0 aliphatic heterocycles. The van der Waals surface area contributed by atoms with Crippen molar-refractivity contribution in [1.29, 1.82) is 0 Å². The summed E-state index contributed by atoms with van der Waals surface area (Å²) < 4.78 is 30.1. The number of carbonyl (C=O) groups is 1. The number of rotatable bonds is 6. The largest absolute Gasteiger partial charge is 0.337 e. The highest BCUT2D eigenvalue weighted by Crippen LogP contribution is 1.92. The van der Waals surface area contributed by atoms with Crippen LogP contribution in [0.2, 0.25) is 0 Å². The molecule has 1 rings (SSSR count). The first kappa shape index (κ1) is 16.8. The number of aryl methyl sites for hydroxylation is 1. The third kappa shape index (κ3) is 11.3. The van der Waals surface area contributed by atoms with Crippen LogP contribution in [0.25, 0.3) is 0 Å². The van der Waals surface area contributed by atoms with Crippen molar-refractivity contribution in [2.75, 3.05) is 5.75 Å². The summed E-state index contributed by atoms with van der Waals surface area (Å²) in [6.45, 7) is 4.57. The number of nitrogens with zero attached hydrogens (tertiary/aromatic N) is 2. The molecule has 0 bridgehead atoms. The minimum Gasteiger partial charge on any atom is -0.337 e. The van der Waals surface area contributed by atoms with Gasteiger partial charge in [0.15, 0.2) is 0 Å². The zero-order valence-corrected chi connectivity index (χ0v) is 11.6. The van der Waals surface area contributed by atoms with E-state index in [0.29, 0.717) is 0 Å². The van der Waals surface area contributed by atoms with Crippen molar-refractivity contribution in [3.63, 3.8) is 0 Å². The number of hydrogen-bond donors (Lipinski definition) is 1. The molecule has 104 valence electrons. The molecule has 6 nitrogen and oxygen atoms in total. The molecule has 18 heavy (non-hydrogen) atoms. The van der Waals surface area contributed by atoms with Crippen molar-refractivity contribution in [2.45, 2.75) is 39.7 Å². The van der Waals surface area contributed by atoms with Crippen LogP contribution < -0.4 is 0 Å². The molecule has 1 N–H and O–H groups in total. The van der Waals surface area contributed by atoms with Crippen LogP contribution in [0.4, 0.5) is 0 Å². The fraction of sp³-hybridized carbons (Fsp3) is 0.636. The van der Waals surface area contributed by atoms with Gasteiger partial charge in [-0.2, -0.15) is 8.42 Å². The van der Waals surface area contributed by atoms with E-state index in [1.807, 2.05) is 18.7 Å². The summed E-state index contributed by atoms with van der Waals surface area (Å²) >= 11 is 0. The minimum absolute atomic E-state index is 0.112. The molecule has 1 aromatic rings. The number of imidazole rings is 1. The third-order valence-corrected chi connectivity index (χ3v) is 2.76. The number of hydrogen-bond acceptors (Lipinski definition) is 4. The maximum absolute atomic E-state index is 10.1. The first-order chi connectivity index (χ1) is 8.35. The Morgan fingerprint density at radius 2 is 2.11 bits per heavy atom. The lowest BCUT2D eigenvalue weighted by Gasteiger charge is -1.96. The summed E-state index contributed by atoms with van der Waals surface area (Å²) in [6, 6.07) is 0. The van der Waals surface area contributed by atoms with Crippen molar-refractivity contribution in [1.82, 2.24) is 9.55 Å². The second kappa shape index (κ2) is 8.82. The average Bonchev–Trinajstić information content (AvgIpc) is 2.76. The molecule has 0 fully saturated rings. The Balaban J connectivity index is 0.000000321. The molecule has 0 radical (unpaired) electrons. The predicted octanol–water partition coefficient (Wildman–Crippen LogP) is 1.54. The van der Waals surface area contributed by atoms with Crippen molar-refractivity contribution < 1.29 is 17.8 Å². The second-order valence-electron chi connectivity index (χ2n) is 3.89. The lowest BCUT2D eigenvalue weighted by atomic mass is 10.3. The first-order valence-corrected chi connectivity index (χ1v) is 7.36. The monoisotopic (exact) mass is 276 g/mol. The van der Waals surface area contributed by atoms with Gasteiger partial charge >= 0.3 is 0 Å². The smallest absolute Gasteiger partial charge is 0.265 e. The van der Waals surface area contributed by atoms with E-state index in [4.69, 9.17) is 4.55 Å². The van der Waals surface area contributed by atoms with Gasteiger partial charge in [0.1, 0.15) is 5.78 Å². The molecule has 0 aliphatic rings. The Labute approximate surface area is 108 Å². The van der Waals surface area contributed by atoms with Crippen LogP contribution in [0.15, 0.2) is 18.7 Å². The average molecular weight is 276 g/mol.